The maximum absolute atomic E-state index is 6.50. The van der Waals surface area contributed by atoms with Crippen molar-refractivity contribution in [2.24, 2.45) is 0 Å². The van der Waals surface area contributed by atoms with Gasteiger partial charge in [-0.1, -0.05) is 115 Å². The lowest BCUT2D eigenvalue weighted by Crippen LogP contribution is -2.06. The lowest BCUT2D eigenvalue weighted by Gasteiger charge is -2.14. The van der Waals surface area contributed by atoms with E-state index in [2.05, 4.69) is 120 Å². The Morgan fingerprint density at radius 1 is 0.382 bits per heavy atom. The normalized spacial score (nSPS) is 12.0. The molecule has 5 heterocycles. The van der Waals surface area contributed by atoms with Gasteiger partial charge in [0.15, 0.2) is 17.2 Å². The molecule has 0 aliphatic rings. The molecule has 0 unspecified atom stereocenters. The topological polar surface area (TPSA) is 82.8 Å². The molecule has 0 aliphatic heterocycles. The SMILES string of the molecule is c1ccc2c(c1)oc1c(-c3ccc(-c4nc(-c5cccc6oc7cccnc7c56)nc(-n5c6ccccc6c6ccccc65)n4)c4ccccc34)cccc12. The lowest BCUT2D eigenvalue weighted by atomic mass is 9.93. The molecule has 7 heteroatoms. The van der Waals surface area contributed by atoms with E-state index in [-0.39, 0.29) is 0 Å². The van der Waals surface area contributed by atoms with Gasteiger partial charge in [-0.3, -0.25) is 9.55 Å². The average molecular weight is 706 g/mol. The summed E-state index contributed by atoms with van der Waals surface area (Å²) >= 11 is 0. The Kier molecular flexibility index (Phi) is 6.21. The first-order chi connectivity index (χ1) is 27.3. The Morgan fingerprint density at radius 2 is 0.964 bits per heavy atom. The fourth-order valence-electron chi connectivity index (χ4n) is 8.36. The van der Waals surface area contributed by atoms with Gasteiger partial charge in [0.25, 0.3) is 0 Å². The van der Waals surface area contributed by atoms with Crippen molar-refractivity contribution in [2.75, 3.05) is 0 Å². The van der Waals surface area contributed by atoms with Crippen LogP contribution in [0.1, 0.15) is 0 Å². The molecule has 7 aromatic carbocycles. The summed E-state index contributed by atoms with van der Waals surface area (Å²) in [6.07, 6.45) is 1.79. The molecular formula is C48H27N5O2. The van der Waals surface area contributed by atoms with E-state index >= 15 is 0 Å². The van der Waals surface area contributed by atoms with Crippen LogP contribution in [0.5, 0.6) is 0 Å². The van der Waals surface area contributed by atoms with Crippen LogP contribution in [-0.4, -0.2) is 24.5 Å². The molecule has 0 amide bonds. The fraction of sp³-hybridized carbons (Fsp3) is 0. The summed E-state index contributed by atoms with van der Waals surface area (Å²) in [5.41, 5.74) is 9.78. The summed E-state index contributed by atoms with van der Waals surface area (Å²) in [6.45, 7) is 0. The molecule has 256 valence electrons. The van der Waals surface area contributed by atoms with Gasteiger partial charge in [0.05, 0.1) is 16.4 Å². The molecule has 5 aromatic heterocycles. The first-order valence-corrected chi connectivity index (χ1v) is 18.2. The van der Waals surface area contributed by atoms with Crippen LogP contribution in [0.15, 0.2) is 173 Å². The summed E-state index contributed by atoms with van der Waals surface area (Å²) < 4.78 is 14.9. The van der Waals surface area contributed by atoms with E-state index in [1.54, 1.807) is 6.20 Å². The maximum Gasteiger partial charge on any atom is 0.238 e. The number of nitrogens with zero attached hydrogens (tertiary/aromatic N) is 5. The van der Waals surface area contributed by atoms with E-state index in [9.17, 15) is 0 Å². The van der Waals surface area contributed by atoms with E-state index in [0.29, 0.717) is 23.2 Å². The van der Waals surface area contributed by atoms with Gasteiger partial charge in [-0.25, -0.2) is 4.98 Å². The lowest BCUT2D eigenvalue weighted by molar-refractivity contribution is 0.668. The molecule has 0 atom stereocenters. The minimum atomic E-state index is 0.523. The number of pyridine rings is 1. The molecule has 55 heavy (non-hydrogen) atoms. The molecule has 0 radical (unpaired) electrons. The number of aromatic nitrogens is 5. The minimum absolute atomic E-state index is 0.523. The zero-order chi connectivity index (χ0) is 36.0. The zero-order valence-corrected chi connectivity index (χ0v) is 29.1. The third-order valence-electron chi connectivity index (χ3n) is 10.8. The van der Waals surface area contributed by atoms with Crippen molar-refractivity contribution in [1.82, 2.24) is 24.5 Å². The van der Waals surface area contributed by atoms with Crippen LogP contribution in [0.3, 0.4) is 0 Å². The van der Waals surface area contributed by atoms with Crippen molar-refractivity contribution in [1.29, 1.82) is 0 Å². The summed E-state index contributed by atoms with van der Waals surface area (Å²) in [7, 11) is 0. The molecular weight excluding hydrogens is 679 g/mol. The molecule has 12 aromatic rings. The van der Waals surface area contributed by atoms with E-state index in [1.165, 1.54) is 0 Å². The van der Waals surface area contributed by atoms with Gasteiger partial charge in [0.2, 0.25) is 5.95 Å². The number of benzene rings is 7. The predicted octanol–water partition coefficient (Wildman–Crippen LogP) is 12.3. The highest BCUT2D eigenvalue weighted by atomic mass is 16.3. The Labute approximate surface area is 312 Å². The monoisotopic (exact) mass is 705 g/mol. The molecule has 0 aliphatic carbocycles. The number of para-hydroxylation sites is 4. The largest absolute Gasteiger partial charge is 0.455 e. The molecule has 0 spiro atoms. The van der Waals surface area contributed by atoms with Crippen LogP contribution in [0.4, 0.5) is 0 Å². The predicted molar refractivity (Wildman–Crippen MR) is 220 cm³/mol. The van der Waals surface area contributed by atoms with E-state index in [1.807, 2.05) is 42.5 Å². The quantitative estimate of drug-likeness (QED) is 0.181. The van der Waals surface area contributed by atoms with Crippen molar-refractivity contribution in [2.45, 2.75) is 0 Å². The van der Waals surface area contributed by atoms with E-state index in [0.717, 1.165) is 93.3 Å². The maximum atomic E-state index is 6.50. The minimum Gasteiger partial charge on any atom is -0.455 e. The number of furan rings is 2. The Balaban J connectivity index is 1.15. The Bertz CT molecular complexity index is 3470. The average Bonchev–Trinajstić information content (AvgIpc) is 3.93. The van der Waals surface area contributed by atoms with Gasteiger partial charge in [-0.2, -0.15) is 9.97 Å². The molecule has 0 bridgehead atoms. The highest BCUT2D eigenvalue weighted by Gasteiger charge is 2.22. The number of rotatable bonds is 4. The van der Waals surface area contributed by atoms with Crippen LogP contribution in [0.25, 0.3) is 116 Å². The zero-order valence-electron chi connectivity index (χ0n) is 29.1. The van der Waals surface area contributed by atoms with Gasteiger partial charge < -0.3 is 8.83 Å². The van der Waals surface area contributed by atoms with E-state index < -0.39 is 0 Å². The van der Waals surface area contributed by atoms with Gasteiger partial charge in [-0.15, -0.1) is 0 Å². The van der Waals surface area contributed by atoms with Crippen LogP contribution < -0.4 is 0 Å². The van der Waals surface area contributed by atoms with Crippen LogP contribution in [-0.2, 0) is 0 Å². The number of hydrogen-bond donors (Lipinski definition) is 0. The van der Waals surface area contributed by atoms with Gasteiger partial charge in [0, 0.05) is 44.4 Å². The number of fused-ring (bicyclic) bond motifs is 10. The van der Waals surface area contributed by atoms with Crippen molar-refractivity contribution in [3.63, 3.8) is 0 Å². The van der Waals surface area contributed by atoms with E-state index in [4.69, 9.17) is 28.8 Å². The highest BCUT2D eigenvalue weighted by Crippen LogP contribution is 2.42. The molecule has 12 rings (SSSR count). The standard InChI is InChI=1S/C48H27N5O2/c1-2-13-29-28(12-1)30(34-17-9-18-35-33-16-5-8-22-40(33)55-45(34)35)25-26-36(29)46-50-47(37-19-10-23-41-43(37)44-42(54-41)24-11-27-49-44)52-48(51-46)53-38-20-6-3-14-31(38)32-15-4-7-21-39(32)53/h1-27H. The van der Waals surface area contributed by atoms with Crippen LogP contribution in [0.2, 0.25) is 0 Å². The first kappa shape index (κ1) is 29.9. The van der Waals surface area contributed by atoms with Gasteiger partial charge >= 0.3 is 0 Å². The second-order valence-electron chi connectivity index (χ2n) is 13.8. The molecule has 0 saturated carbocycles. The third-order valence-corrected chi connectivity index (χ3v) is 10.8. The number of hydrogen-bond acceptors (Lipinski definition) is 6. The second kappa shape index (κ2) is 11.4. The second-order valence-corrected chi connectivity index (χ2v) is 13.8. The first-order valence-electron chi connectivity index (χ1n) is 18.2. The Morgan fingerprint density at radius 3 is 1.76 bits per heavy atom. The smallest absolute Gasteiger partial charge is 0.238 e. The van der Waals surface area contributed by atoms with Crippen molar-refractivity contribution >= 4 is 76.6 Å². The molecule has 7 nitrogen and oxygen atoms in total. The van der Waals surface area contributed by atoms with Gasteiger partial charge in [0.1, 0.15) is 22.3 Å². The summed E-state index contributed by atoms with van der Waals surface area (Å²) in [5, 5.41) is 7.41. The molecule has 0 saturated heterocycles. The molecule has 0 N–H and O–H groups in total. The summed E-state index contributed by atoms with van der Waals surface area (Å²) in [5.74, 6) is 1.61. The van der Waals surface area contributed by atoms with Crippen molar-refractivity contribution in [3.8, 4) is 39.9 Å². The fourth-order valence-corrected chi connectivity index (χ4v) is 8.36. The Hall–Kier alpha value is -7.64. The third kappa shape index (κ3) is 4.38. The van der Waals surface area contributed by atoms with Crippen molar-refractivity contribution in [3.05, 3.63) is 164 Å². The van der Waals surface area contributed by atoms with Crippen LogP contribution in [0, 0.1) is 0 Å². The van der Waals surface area contributed by atoms with Gasteiger partial charge in [-0.05, 0) is 58.8 Å². The molecule has 0 fully saturated rings. The van der Waals surface area contributed by atoms with Crippen LogP contribution >= 0.6 is 0 Å². The summed E-state index contributed by atoms with van der Waals surface area (Å²) in [6, 6.07) is 53.9. The van der Waals surface area contributed by atoms with Crippen molar-refractivity contribution < 1.29 is 8.83 Å². The highest BCUT2D eigenvalue weighted by molar-refractivity contribution is 6.14. The summed E-state index contributed by atoms with van der Waals surface area (Å²) in [4.78, 5) is 20.6.